The topological polar surface area (TPSA) is 80.5 Å². The number of benzene rings is 2. The minimum Gasteiger partial charge on any atom is -0.337 e. The van der Waals surface area contributed by atoms with E-state index in [2.05, 4.69) is 15.9 Å². The van der Waals surface area contributed by atoms with E-state index >= 15 is 0 Å². The van der Waals surface area contributed by atoms with Gasteiger partial charge in [0.15, 0.2) is 0 Å². The molecule has 0 saturated carbocycles. The molecule has 0 unspecified atom stereocenters. The molecular formula is C15H14BrClN2O3S. The molecule has 2 aromatic rings. The normalized spacial score (nSPS) is 11.3. The van der Waals surface area contributed by atoms with Gasteiger partial charge in [0, 0.05) is 23.1 Å². The molecule has 0 spiro atoms. The first-order valence-corrected chi connectivity index (χ1v) is 9.22. The van der Waals surface area contributed by atoms with Gasteiger partial charge in [-0.1, -0.05) is 23.7 Å². The highest BCUT2D eigenvalue weighted by atomic mass is 79.9. The summed E-state index contributed by atoms with van der Waals surface area (Å²) in [5.74, 6) is -0.331. The highest BCUT2D eigenvalue weighted by Crippen LogP contribution is 2.22. The molecule has 0 aliphatic heterocycles. The van der Waals surface area contributed by atoms with Crippen LogP contribution in [0.3, 0.4) is 0 Å². The lowest BCUT2D eigenvalue weighted by Gasteiger charge is -2.18. The summed E-state index contributed by atoms with van der Waals surface area (Å²) < 4.78 is 23.4. The van der Waals surface area contributed by atoms with Gasteiger partial charge in [-0.05, 0) is 51.8 Å². The maximum Gasteiger partial charge on any atom is 0.255 e. The van der Waals surface area contributed by atoms with E-state index in [0.717, 1.165) is 5.56 Å². The molecule has 0 bridgehead atoms. The number of hydrogen-bond acceptors (Lipinski definition) is 3. The Morgan fingerprint density at radius 1 is 1.26 bits per heavy atom. The molecule has 0 aliphatic rings. The van der Waals surface area contributed by atoms with Crippen molar-refractivity contribution in [3.8, 4) is 0 Å². The van der Waals surface area contributed by atoms with Crippen LogP contribution in [0.25, 0.3) is 0 Å². The third kappa shape index (κ3) is 4.54. The summed E-state index contributed by atoms with van der Waals surface area (Å²) in [6.45, 7) is 0.339. The van der Waals surface area contributed by atoms with Gasteiger partial charge >= 0.3 is 0 Å². The first kappa shape index (κ1) is 17.9. The van der Waals surface area contributed by atoms with Gasteiger partial charge in [-0.2, -0.15) is 0 Å². The third-order valence-corrected chi connectivity index (χ3v) is 4.99. The molecule has 0 aromatic heterocycles. The Hall–Kier alpha value is -1.41. The van der Waals surface area contributed by atoms with Crippen LogP contribution in [0.2, 0.25) is 5.02 Å². The average Bonchev–Trinajstić information content (AvgIpc) is 2.45. The Kier molecular flexibility index (Phi) is 5.46. The van der Waals surface area contributed by atoms with Crippen LogP contribution in [0.4, 0.5) is 0 Å². The summed E-state index contributed by atoms with van der Waals surface area (Å²) in [7, 11) is -2.25. The molecule has 0 radical (unpaired) electrons. The van der Waals surface area contributed by atoms with Crippen molar-refractivity contribution in [2.45, 2.75) is 11.4 Å². The molecule has 0 aliphatic carbocycles. The Morgan fingerprint density at radius 3 is 2.57 bits per heavy atom. The van der Waals surface area contributed by atoms with Crippen molar-refractivity contribution >= 4 is 43.5 Å². The first-order chi connectivity index (χ1) is 10.7. The number of nitrogens with zero attached hydrogens (tertiary/aromatic N) is 1. The number of carbonyl (C=O) groups excluding carboxylic acids is 1. The van der Waals surface area contributed by atoms with Gasteiger partial charge in [-0.15, -0.1) is 0 Å². The van der Waals surface area contributed by atoms with Gasteiger partial charge in [-0.25, -0.2) is 13.6 Å². The Labute approximate surface area is 148 Å². The van der Waals surface area contributed by atoms with Gasteiger partial charge in [0.1, 0.15) is 0 Å². The largest absolute Gasteiger partial charge is 0.337 e. The van der Waals surface area contributed by atoms with E-state index in [4.69, 9.17) is 16.7 Å². The van der Waals surface area contributed by atoms with Crippen LogP contribution in [0.5, 0.6) is 0 Å². The van der Waals surface area contributed by atoms with E-state index < -0.39 is 10.0 Å². The van der Waals surface area contributed by atoms with Crippen LogP contribution in [0.1, 0.15) is 15.9 Å². The number of sulfonamides is 1. The quantitative estimate of drug-likeness (QED) is 0.830. The Bertz CT molecular complexity index is 856. The van der Waals surface area contributed by atoms with Crippen molar-refractivity contribution in [2.24, 2.45) is 5.14 Å². The smallest absolute Gasteiger partial charge is 0.255 e. The number of nitrogens with two attached hydrogens (primary N) is 1. The zero-order chi connectivity index (χ0) is 17.2. The Morgan fingerprint density at radius 2 is 1.96 bits per heavy atom. The van der Waals surface area contributed by atoms with E-state index in [1.807, 2.05) is 6.07 Å². The molecule has 0 heterocycles. The zero-order valence-corrected chi connectivity index (χ0v) is 15.3. The van der Waals surface area contributed by atoms with E-state index in [1.54, 1.807) is 25.2 Å². The number of halogens is 2. The second kappa shape index (κ2) is 7.00. The molecule has 122 valence electrons. The van der Waals surface area contributed by atoms with Crippen molar-refractivity contribution < 1.29 is 13.2 Å². The lowest BCUT2D eigenvalue weighted by atomic mass is 10.1. The van der Waals surface area contributed by atoms with Crippen LogP contribution in [0.15, 0.2) is 51.8 Å². The van der Waals surface area contributed by atoms with Crippen LogP contribution in [0, 0.1) is 0 Å². The van der Waals surface area contributed by atoms with Crippen LogP contribution >= 0.6 is 27.5 Å². The van der Waals surface area contributed by atoms with Crippen LogP contribution < -0.4 is 5.14 Å². The summed E-state index contributed by atoms with van der Waals surface area (Å²) in [4.78, 5) is 13.9. The summed E-state index contributed by atoms with van der Waals surface area (Å²) >= 11 is 9.19. The van der Waals surface area contributed by atoms with Crippen molar-refractivity contribution in [1.82, 2.24) is 4.90 Å². The number of amides is 1. The number of hydrogen-bond donors (Lipinski definition) is 1. The van der Waals surface area contributed by atoms with Crippen molar-refractivity contribution in [1.29, 1.82) is 0 Å². The fourth-order valence-corrected chi connectivity index (χ4v) is 3.20. The zero-order valence-electron chi connectivity index (χ0n) is 12.2. The fourth-order valence-electron chi connectivity index (χ4n) is 2.03. The maximum absolute atomic E-state index is 12.6. The standard InChI is InChI=1S/C15H14BrClN2O3S/c1-19(9-10-3-2-4-11(17)7-10)15(20)13-8-12(23(18,21)22)5-6-14(13)16/h2-8H,9H2,1H3,(H2,18,21,22). The molecule has 23 heavy (non-hydrogen) atoms. The SMILES string of the molecule is CN(Cc1cccc(Cl)c1)C(=O)c1cc(S(N)(=O)=O)ccc1Br. The summed E-state index contributed by atoms with van der Waals surface area (Å²) in [6.07, 6.45) is 0. The minimum atomic E-state index is -3.87. The monoisotopic (exact) mass is 416 g/mol. The molecule has 2 rings (SSSR count). The third-order valence-electron chi connectivity index (χ3n) is 3.15. The summed E-state index contributed by atoms with van der Waals surface area (Å²) in [6, 6.07) is 11.3. The van der Waals surface area contributed by atoms with Gasteiger partial charge in [0.2, 0.25) is 10.0 Å². The predicted molar refractivity (Wildman–Crippen MR) is 92.8 cm³/mol. The van der Waals surface area contributed by atoms with Gasteiger partial charge in [0.25, 0.3) is 5.91 Å². The minimum absolute atomic E-state index is 0.111. The van der Waals surface area contributed by atoms with Crippen LogP contribution in [-0.4, -0.2) is 26.3 Å². The van der Waals surface area contributed by atoms with Crippen molar-refractivity contribution in [3.05, 3.63) is 63.1 Å². The lowest BCUT2D eigenvalue weighted by molar-refractivity contribution is 0.0784. The van der Waals surface area contributed by atoms with Gasteiger partial charge < -0.3 is 4.90 Å². The molecular weight excluding hydrogens is 404 g/mol. The fraction of sp³-hybridized carbons (Fsp3) is 0.133. The molecule has 0 fully saturated rings. The Balaban J connectivity index is 2.29. The maximum atomic E-state index is 12.6. The highest BCUT2D eigenvalue weighted by molar-refractivity contribution is 9.10. The molecule has 0 atom stereocenters. The van der Waals surface area contributed by atoms with Gasteiger partial charge in [0.05, 0.1) is 10.5 Å². The van der Waals surface area contributed by atoms with Crippen LogP contribution in [-0.2, 0) is 16.6 Å². The van der Waals surface area contributed by atoms with Crippen molar-refractivity contribution in [2.75, 3.05) is 7.05 Å². The van der Waals surface area contributed by atoms with E-state index in [0.29, 0.717) is 16.0 Å². The second-order valence-corrected chi connectivity index (χ2v) is 7.83. The van der Waals surface area contributed by atoms with Gasteiger partial charge in [-0.3, -0.25) is 4.79 Å². The molecule has 0 saturated heterocycles. The summed E-state index contributed by atoms with van der Waals surface area (Å²) in [5.41, 5.74) is 1.09. The lowest BCUT2D eigenvalue weighted by Crippen LogP contribution is -2.27. The average molecular weight is 418 g/mol. The number of carbonyl (C=O) groups is 1. The number of primary sulfonamides is 1. The van der Waals surface area contributed by atoms with E-state index in [-0.39, 0.29) is 16.4 Å². The molecule has 2 aromatic carbocycles. The van der Waals surface area contributed by atoms with E-state index in [1.165, 1.54) is 23.1 Å². The predicted octanol–water partition coefficient (Wildman–Crippen LogP) is 3.02. The molecule has 2 N–H and O–H groups in total. The highest BCUT2D eigenvalue weighted by Gasteiger charge is 2.18. The first-order valence-electron chi connectivity index (χ1n) is 6.51. The number of rotatable bonds is 4. The van der Waals surface area contributed by atoms with Crippen molar-refractivity contribution in [3.63, 3.8) is 0 Å². The molecule has 5 nitrogen and oxygen atoms in total. The summed E-state index contributed by atoms with van der Waals surface area (Å²) in [5, 5.41) is 5.69. The second-order valence-electron chi connectivity index (χ2n) is 4.98. The van der Waals surface area contributed by atoms with E-state index in [9.17, 15) is 13.2 Å². The molecule has 1 amide bonds. The molecule has 8 heteroatoms.